The Morgan fingerprint density at radius 2 is 1.91 bits per heavy atom. The largest absolute Gasteiger partial charge is 0.351 e. The van der Waals surface area contributed by atoms with Crippen molar-refractivity contribution in [3.63, 3.8) is 0 Å². The van der Waals surface area contributed by atoms with E-state index in [1.165, 1.54) is 0 Å². The number of carbonyl (C=O) groups is 2. The number of aromatic nitrogens is 1. The molecule has 6 nitrogen and oxygen atoms in total. The van der Waals surface area contributed by atoms with Crippen molar-refractivity contribution >= 4 is 11.8 Å². The number of piperidine rings is 1. The summed E-state index contributed by atoms with van der Waals surface area (Å²) in [7, 11) is 0. The first-order valence-corrected chi connectivity index (χ1v) is 7.72. The highest BCUT2D eigenvalue weighted by atomic mass is 16.5. The van der Waals surface area contributed by atoms with Gasteiger partial charge in [-0.3, -0.25) is 9.59 Å². The van der Waals surface area contributed by atoms with E-state index in [4.69, 9.17) is 4.52 Å². The van der Waals surface area contributed by atoms with Crippen LogP contribution >= 0.6 is 0 Å². The molecule has 3 rings (SSSR count). The third-order valence-corrected chi connectivity index (χ3v) is 3.99. The Kier molecular flexibility index (Phi) is 4.41. The molecule has 0 unspecified atom stereocenters. The molecule has 1 aromatic carbocycles. The van der Waals surface area contributed by atoms with Crippen molar-refractivity contribution in [3.8, 4) is 0 Å². The lowest BCUT2D eigenvalue weighted by Crippen LogP contribution is -2.46. The highest BCUT2D eigenvalue weighted by Gasteiger charge is 2.26. The van der Waals surface area contributed by atoms with E-state index in [9.17, 15) is 9.59 Å². The van der Waals surface area contributed by atoms with Crippen molar-refractivity contribution in [2.75, 3.05) is 13.1 Å². The first-order chi connectivity index (χ1) is 11.1. The molecule has 0 radical (unpaired) electrons. The molecule has 0 atom stereocenters. The van der Waals surface area contributed by atoms with Crippen LogP contribution in [0.4, 0.5) is 0 Å². The molecule has 2 heterocycles. The summed E-state index contributed by atoms with van der Waals surface area (Å²) in [4.78, 5) is 26.1. The molecule has 1 aromatic heterocycles. The third kappa shape index (κ3) is 3.59. The van der Waals surface area contributed by atoms with E-state index in [2.05, 4.69) is 10.5 Å². The highest BCUT2D eigenvalue weighted by molar-refractivity contribution is 5.94. The first-order valence-electron chi connectivity index (χ1n) is 7.72. The summed E-state index contributed by atoms with van der Waals surface area (Å²) in [5, 5.41) is 6.77. The van der Waals surface area contributed by atoms with Gasteiger partial charge in [-0.25, -0.2) is 0 Å². The summed E-state index contributed by atoms with van der Waals surface area (Å²) < 4.78 is 5.02. The van der Waals surface area contributed by atoms with Gasteiger partial charge in [-0.15, -0.1) is 0 Å². The Labute approximate surface area is 134 Å². The summed E-state index contributed by atoms with van der Waals surface area (Å²) in [6.45, 7) is 2.97. The Balaban J connectivity index is 1.52. The Hall–Kier alpha value is -2.63. The zero-order chi connectivity index (χ0) is 16.2. The van der Waals surface area contributed by atoms with Crippen molar-refractivity contribution in [3.05, 3.63) is 53.4 Å². The van der Waals surface area contributed by atoms with Crippen LogP contribution in [0.5, 0.6) is 0 Å². The van der Waals surface area contributed by atoms with Gasteiger partial charge < -0.3 is 14.7 Å². The molecule has 0 aliphatic carbocycles. The smallest absolute Gasteiger partial charge is 0.292 e. The molecule has 0 saturated carbocycles. The summed E-state index contributed by atoms with van der Waals surface area (Å²) in [5.74, 6) is 0.0638. The van der Waals surface area contributed by atoms with Crippen LogP contribution in [0.3, 0.4) is 0 Å². The SMILES string of the molecule is Cc1cc(C(=O)N2CCC(NC(=O)c3ccccc3)CC2)on1. The third-order valence-electron chi connectivity index (χ3n) is 3.99. The van der Waals surface area contributed by atoms with Gasteiger partial charge in [0.1, 0.15) is 0 Å². The van der Waals surface area contributed by atoms with Crippen LogP contribution in [0.1, 0.15) is 39.4 Å². The second-order valence-electron chi connectivity index (χ2n) is 5.74. The van der Waals surface area contributed by atoms with Crippen molar-refractivity contribution in [1.82, 2.24) is 15.4 Å². The Morgan fingerprint density at radius 3 is 2.52 bits per heavy atom. The van der Waals surface area contributed by atoms with Gasteiger partial charge in [-0.05, 0) is 31.9 Å². The number of amides is 2. The number of hydrogen-bond donors (Lipinski definition) is 1. The number of rotatable bonds is 3. The number of likely N-dealkylation sites (tertiary alicyclic amines) is 1. The van der Waals surface area contributed by atoms with E-state index in [0.717, 1.165) is 12.8 Å². The maximum absolute atomic E-state index is 12.3. The molecular weight excluding hydrogens is 294 g/mol. The number of carbonyl (C=O) groups excluding carboxylic acids is 2. The highest BCUT2D eigenvalue weighted by Crippen LogP contribution is 2.15. The molecular formula is C17H19N3O3. The minimum atomic E-state index is -0.140. The minimum Gasteiger partial charge on any atom is -0.351 e. The van der Waals surface area contributed by atoms with E-state index in [1.54, 1.807) is 30.0 Å². The van der Waals surface area contributed by atoms with Gasteiger partial charge in [0.05, 0.1) is 5.69 Å². The van der Waals surface area contributed by atoms with E-state index in [-0.39, 0.29) is 23.6 Å². The zero-order valence-corrected chi connectivity index (χ0v) is 13.0. The molecule has 0 spiro atoms. The van der Waals surface area contributed by atoms with Crippen molar-refractivity contribution in [2.24, 2.45) is 0 Å². The lowest BCUT2D eigenvalue weighted by Gasteiger charge is -2.31. The van der Waals surface area contributed by atoms with Crippen molar-refractivity contribution in [2.45, 2.75) is 25.8 Å². The lowest BCUT2D eigenvalue weighted by molar-refractivity contribution is 0.0658. The summed E-state index contributed by atoms with van der Waals surface area (Å²) in [6, 6.07) is 10.9. The molecule has 2 aromatic rings. The van der Waals surface area contributed by atoms with Crippen molar-refractivity contribution in [1.29, 1.82) is 0 Å². The summed E-state index contributed by atoms with van der Waals surface area (Å²) in [5.41, 5.74) is 1.35. The number of aryl methyl sites for hydroxylation is 1. The van der Waals surface area contributed by atoms with Crippen LogP contribution in [0.25, 0.3) is 0 Å². The first kappa shape index (κ1) is 15.3. The van der Waals surface area contributed by atoms with E-state index >= 15 is 0 Å². The number of nitrogens with zero attached hydrogens (tertiary/aromatic N) is 2. The predicted octanol–water partition coefficient (Wildman–Crippen LogP) is 2.02. The minimum absolute atomic E-state index is 0.0683. The monoisotopic (exact) mass is 313 g/mol. The van der Waals surface area contributed by atoms with Gasteiger partial charge in [0.25, 0.3) is 11.8 Å². The number of benzene rings is 1. The van der Waals surface area contributed by atoms with Crippen molar-refractivity contribution < 1.29 is 14.1 Å². The maximum atomic E-state index is 12.3. The number of hydrogen-bond acceptors (Lipinski definition) is 4. The second kappa shape index (κ2) is 6.64. The quantitative estimate of drug-likeness (QED) is 0.940. The fourth-order valence-electron chi connectivity index (χ4n) is 2.71. The molecule has 1 N–H and O–H groups in total. The van der Waals surface area contributed by atoms with E-state index in [1.807, 2.05) is 18.2 Å². The fraction of sp³-hybridized carbons (Fsp3) is 0.353. The van der Waals surface area contributed by atoms with Crippen LogP contribution in [0.15, 0.2) is 40.9 Å². The van der Waals surface area contributed by atoms with Gasteiger partial charge in [-0.1, -0.05) is 23.4 Å². The molecule has 120 valence electrons. The van der Waals surface area contributed by atoms with Crippen LogP contribution in [-0.4, -0.2) is 41.0 Å². The molecule has 1 fully saturated rings. The molecule has 1 aliphatic heterocycles. The van der Waals surface area contributed by atoms with Gasteiger partial charge in [0.2, 0.25) is 5.76 Å². The molecule has 6 heteroatoms. The van der Waals surface area contributed by atoms with Crippen LogP contribution < -0.4 is 5.32 Å². The molecule has 0 bridgehead atoms. The fourth-order valence-corrected chi connectivity index (χ4v) is 2.71. The Bertz CT molecular complexity index is 688. The van der Waals surface area contributed by atoms with E-state index in [0.29, 0.717) is 24.3 Å². The average Bonchev–Trinajstić information content (AvgIpc) is 3.02. The Morgan fingerprint density at radius 1 is 1.22 bits per heavy atom. The summed E-state index contributed by atoms with van der Waals surface area (Å²) in [6.07, 6.45) is 1.47. The van der Waals surface area contributed by atoms with E-state index < -0.39 is 0 Å². The van der Waals surface area contributed by atoms with Crippen LogP contribution in [0, 0.1) is 6.92 Å². The predicted molar refractivity (Wildman–Crippen MR) is 84.1 cm³/mol. The topological polar surface area (TPSA) is 75.4 Å². The zero-order valence-electron chi connectivity index (χ0n) is 13.0. The molecule has 2 amide bonds. The maximum Gasteiger partial charge on any atom is 0.292 e. The lowest BCUT2D eigenvalue weighted by atomic mass is 10.0. The molecule has 1 saturated heterocycles. The van der Waals surface area contributed by atoms with Gasteiger partial charge >= 0.3 is 0 Å². The van der Waals surface area contributed by atoms with Gasteiger partial charge in [-0.2, -0.15) is 0 Å². The normalized spacial score (nSPS) is 15.4. The second-order valence-corrected chi connectivity index (χ2v) is 5.74. The van der Waals surface area contributed by atoms with Crippen LogP contribution in [0.2, 0.25) is 0 Å². The summed E-state index contributed by atoms with van der Waals surface area (Å²) >= 11 is 0. The molecule has 23 heavy (non-hydrogen) atoms. The standard InChI is InChI=1S/C17H19N3O3/c1-12-11-15(23-19-12)17(22)20-9-7-14(8-10-20)18-16(21)13-5-3-2-4-6-13/h2-6,11,14H,7-10H2,1H3,(H,18,21). The van der Waals surface area contributed by atoms with Gasteiger partial charge in [0.15, 0.2) is 0 Å². The average molecular weight is 313 g/mol. The van der Waals surface area contributed by atoms with Gasteiger partial charge in [0, 0.05) is 30.8 Å². The molecule has 1 aliphatic rings. The van der Waals surface area contributed by atoms with Crippen LogP contribution in [-0.2, 0) is 0 Å². The number of nitrogens with one attached hydrogen (secondary N) is 1.